The largest absolute Gasteiger partial charge is 0.357 e. The van der Waals surface area contributed by atoms with Crippen LogP contribution < -0.4 is 15.8 Å². The van der Waals surface area contributed by atoms with Gasteiger partial charge in [0.2, 0.25) is 0 Å². The highest BCUT2D eigenvalue weighted by Crippen LogP contribution is 2.11. The summed E-state index contributed by atoms with van der Waals surface area (Å²) in [7, 11) is 1.76. The molecule has 7 nitrogen and oxygen atoms in total. The van der Waals surface area contributed by atoms with E-state index in [0.717, 1.165) is 51.6 Å². The number of anilines is 1. The van der Waals surface area contributed by atoms with Crippen LogP contribution in [-0.4, -0.2) is 59.7 Å². The van der Waals surface area contributed by atoms with Crippen molar-refractivity contribution in [1.82, 2.24) is 19.8 Å². The predicted octanol–water partition coefficient (Wildman–Crippen LogP) is 1.73. The molecule has 0 saturated carbocycles. The molecule has 7 heteroatoms. The van der Waals surface area contributed by atoms with E-state index >= 15 is 0 Å². The Labute approximate surface area is 173 Å². The Morgan fingerprint density at radius 2 is 1.83 bits per heavy atom. The van der Waals surface area contributed by atoms with E-state index < -0.39 is 0 Å². The second kappa shape index (κ2) is 9.58. The van der Waals surface area contributed by atoms with Gasteiger partial charge in [0.05, 0.1) is 0 Å². The maximum Gasteiger partial charge on any atom is 0.293 e. The van der Waals surface area contributed by atoms with Crippen LogP contribution in [0.1, 0.15) is 23.6 Å². The zero-order chi connectivity index (χ0) is 20.8. The van der Waals surface area contributed by atoms with Gasteiger partial charge in [-0.05, 0) is 32.8 Å². The summed E-state index contributed by atoms with van der Waals surface area (Å²) in [5.74, 6) is 1.48. The molecular formula is C22H32N6O. The minimum absolute atomic E-state index is 0.0463. The standard InChI is InChI=1S/C22H32N6O/c1-5-23-22(25-7-6-19-15-17(2)14-18(3)16-19)28-12-10-27(11-13-28)20-21(29)26(4)9-8-24-20/h8-9,14-16H,5-7,10-13H2,1-4H3,(H,23,25). The number of aryl methyl sites for hydroxylation is 3. The van der Waals surface area contributed by atoms with Gasteiger partial charge in [-0.2, -0.15) is 0 Å². The van der Waals surface area contributed by atoms with E-state index in [1.165, 1.54) is 16.7 Å². The van der Waals surface area contributed by atoms with Crippen molar-refractivity contribution in [1.29, 1.82) is 0 Å². The topological polar surface area (TPSA) is 65.8 Å². The lowest BCUT2D eigenvalue weighted by molar-refractivity contribution is 0.371. The van der Waals surface area contributed by atoms with Crippen LogP contribution in [0.25, 0.3) is 0 Å². The highest BCUT2D eigenvalue weighted by molar-refractivity contribution is 5.80. The Kier molecular flexibility index (Phi) is 6.90. The third-order valence-electron chi connectivity index (χ3n) is 5.16. The lowest BCUT2D eigenvalue weighted by atomic mass is 10.1. The molecule has 1 aliphatic rings. The van der Waals surface area contributed by atoms with Crippen LogP contribution in [0.5, 0.6) is 0 Å². The molecule has 2 aromatic rings. The number of hydrogen-bond donors (Lipinski definition) is 1. The first kappa shape index (κ1) is 20.9. The van der Waals surface area contributed by atoms with Crippen LogP contribution in [0.2, 0.25) is 0 Å². The van der Waals surface area contributed by atoms with Crippen LogP contribution in [0, 0.1) is 13.8 Å². The predicted molar refractivity (Wildman–Crippen MR) is 119 cm³/mol. The Hall–Kier alpha value is -2.83. The van der Waals surface area contributed by atoms with Crippen molar-refractivity contribution in [3.63, 3.8) is 0 Å². The summed E-state index contributed by atoms with van der Waals surface area (Å²) in [6.07, 6.45) is 4.30. The minimum Gasteiger partial charge on any atom is -0.357 e. The van der Waals surface area contributed by atoms with Crippen molar-refractivity contribution < 1.29 is 0 Å². The van der Waals surface area contributed by atoms with Gasteiger partial charge in [-0.15, -0.1) is 0 Å². The Bertz CT molecular complexity index is 892. The maximum atomic E-state index is 12.3. The summed E-state index contributed by atoms with van der Waals surface area (Å²) < 4.78 is 1.58. The molecule has 0 bridgehead atoms. The van der Waals surface area contributed by atoms with Gasteiger partial charge in [-0.25, -0.2) is 4.98 Å². The van der Waals surface area contributed by atoms with Gasteiger partial charge in [-0.3, -0.25) is 9.79 Å². The number of hydrogen-bond acceptors (Lipinski definition) is 4. The SMILES string of the molecule is CCNC(=NCCc1cc(C)cc(C)c1)N1CCN(c2nccn(C)c2=O)CC1. The molecule has 156 valence electrons. The molecule has 0 unspecified atom stereocenters. The van der Waals surface area contributed by atoms with E-state index in [1.807, 2.05) is 0 Å². The molecule has 1 N–H and O–H groups in total. The number of nitrogens with zero attached hydrogens (tertiary/aromatic N) is 5. The molecule has 29 heavy (non-hydrogen) atoms. The van der Waals surface area contributed by atoms with E-state index in [0.29, 0.717) is 5.82 Å². The molecule has 1 aliphatic heterocycles. The van der Waals surface area contributed by atoms with Gasteiger partial charge in [0.1, 0.15) is 0 Å². The molecule has 1 aromatic heterocycles. The molecule has 0 amide bonds. The molecule has 1 fully saturated rings. The molecule has 1 aromatic carbocycles. The number of rotatable bonds is 5. The van der Waals surface area contributed by atoms with Crippen molar-refractivity contribution in [2.45, 2.75) is 27.2 Å². The zero-order valence-electron chi connectivity index (χ0n) is 18.0. The van der Waals surface area contributed by atoms with Gasteiger partial charge in [0, 0.05) is 58.7 Å². The van der Waals surface area contributed by atoms with Crippen molar-refractivity contribution in [3.8, 4) is 0 Å². The maximum absolute atomic E-state index is 12.3. The number of aliphatic imine (C=N–C) groups is 1. The molecule has 2 heterocycles. The Morgan fingerprint density at radius 3 is 2.48 bits per heavy atom. The second-order valence-electron chi connectivity index (χ2n) is 7.62. The number of guanidine groups is 1. The van der Waals surface area contributed by atoms with E-state index in [4.69, 9.17) is 4.99 Å². The summed E-state index contributed by atoms with van der Waals surface area (Å²) in [5.41, 5.74) is 3.88. The number of piperazine rings is 1. The molecule has 0 atom stereocenters. The first-order chi connectivity index (χ1) is 14.0. The van der Waals surface area contributed by atoms with Crippen LogP contribution in [-0.2, 0) is 13.5 Å². The number of benzene rings is 1. The molecule has 0 radical (unpaired) electrons. The zero-order valence-corrected chi connectivity index (χ0v) is 18.0. The highest BCUT2D eigenvalue weighted by Gasteiger charge is 2.22. The fourth-order valence-electron chi connectivity index (χ4n) is 3.76. The Balaban J connectivity index is 1.62. The van der Waals surface area contributed by atoms with Crippen LogP contribution in [0.3, 0.4) is 0 Å². The van der Waals surface area contributed by atoms with Crippen LogP contribution in [0.4, 0.5) is 5.82 Å². The average Bonchev–Trinajstić information content (AvgIpc) is 2.69. The summed E-state index contributed by atoms with van der Waals surface area (Å²) in [5, 5.41) is 3.41. The van der Waals surface area contributed by atoms with E-state index in [-0.39, 0.29) is 5.56 Å². The lowest BCUT2D eigenvalue weighted by Gasteiger charge is -2.36. The van der Waals surface area contributed by atoms with Crippen LogP contribution in [0.15, 0.2) is 40.4 Å². The van der Waals surface area contributed by atoms with Crippen molar-refractivity contribution in [3.05, 3.63) is 57.6 Å². The summed E-state index contributed by atoms with van der Waals surface area (Å²) in [4.78, 5) is 25.8. The summed E-state index contributed by atoms with van der Waals surface area (Å²) >= 11 is 0. The monoisotopic (exact) mass is 396 g/mol. The number of aromatic nitrogens is 2. The fraction of sp³-hybridized carbons (Fsp3) is 0.500. The molecule has 0 spiro atoms. The van der Waals surface area contributed by atoms with Crippen LogP contribution >= 0.6 is 0 Å². The lowest BCUT2D eigenvalue weighted by Crippen LogP contribution is -2.53. The third-order valence-corrected chi connectivity index (χ3v) is 5.16. The first-order valence-electron chi connectivity index (χ1n) is 10.3. The second-order valence-corrected chi connectivity index (χ2v) is 7.62. The molecular weight excluding hydrogens is 364 g/mol. The van der Waals surface area contributed by atoms with Gasteiger partial charge in [0.25, 0.3) is 5.56 Å². The van der Waals surface area contributed by atoms with Crippen molar-refractivity contribution in [2.75, 3.05) is 44.2 Å². The summed E-state index contributed by atoms with van der Waals surface area (Å²) in [6.45, 7) is 11.1. The van der Waals surface area contributed by atoms with Gasteiger partial charge in [-0.1, -0.05) is 29.3 Å². The molecule has 1 saturated heterocycles. The fourth-order valence-corrected chi connectivity index (χ4v) is 3.76. The number of nitrogens with one attached hydrogen (secondary N) is 1. The minimum atomic E-state index is -0.0463. The first-order valence-corrected chi connectivity index (χ1v) is 10.3. The third kappa shape index (κ3) is 5.37. The molecule has 3 rings (SSSR count). The van der Waals surface area contributed by atoms with Crippen molar-refractivity contribution >= 4 is 11.8 Å². The van der Waals surface area contributed by atoms with Crippen molar-refractivity contribution in [2.24, 2.45) is 12.0 Å². The average molecular weight is 397 g/mol. The quantitative estimate of drug-likeness (QED) is 0.616. The van der Waals surface area contributed by atoms with Gasteiger partial charge < -0.3 is 19.7 Å². The Morgan fingerprint density at radius 1 is 1.14 bits per heavy atom. The van der Waals surface area contributed by atoms with Gasteiger partial charge in [0.15, 0.2) is 11.8 Å². The van der Waals surface area contributed by atoms with E-state index in [1.54, 1.807) is 24.0 Å². The van der Waals surface area contributed by atoms with E-state index in [2.05, 4.69) is 59.1 Å². The summed E-state index contributed by atoms with van der Waals surface area (Å²) in [6, 6.07) is 6.67. The van der Waals surface area contributed by atoms with Gasteiger partial charge >= 0.3 is 0 Å². The highest BCUT2D eigenvalue weighted by atomic mass is 16.1. The molecule has 0 aliphatic carbocycles. The van der Waals surface area contributed by atoms with E-state index in [9.17, 15) is 4.79 Å². The normalized spacial score (nSPS) is 15.0. The smallest absolute Gasteiger partial charge is 0.293 e.